The molecule has 2 aromatic carbocycles. The molecule has 3 rings (SSSR count). The molecule has 0 spiro atoms. The first-order chi connectivity index (χ1) is 11.1. The molecular formula is C18H18Cl2N2O. The zero-order chi connectivity index (χ0) is 16.2. The van der Waals surface area contributed by atoms with Crippen molar-refractivity contribution in [2.24, 2.45) is 0 Å². The summed E-state index contributed by atoms with van der Waals surface area (Å²) in [6, 6.07) is 15.5. The predicted octanol–water partition coefficient (Wildman–Crippen LogP) is 3.95. The van der Waals surface area contributed by atoms with E-state index in [2.05, 4.69) is 29.2 Å². The van der Waals surface area contributed by atoms with Gasteiger partial charge in [-0.1, -0.05) is 59.6 Å². The minimum Gasteiger partial charge on any atom is -0.336 e. The van der Waals surface area contributed by atoms with Gasteiger partial charge in [0.05, 0.1) is 15.6 Å². The number of nitrogens with zero attached hydrogens (tertiary/aromatic N) is 2. The van der Waals surface area contributed by atoms with E-state index in [-0.39, 0.29) is 5.91 Å². The number of amides is 1. The van der Waals surface area contributed by atoms with Crippen LogP contribution in [-0.4, -0.2) is 41.9 Å². The molecule has 0 N–H and O–H groups in total. The van der Waals surface area contributed by atoms with E-state index in [4.69, 9.17) is 23.2 Å². The minimum absolute atomic E-state index is 0.0834. The second-order valence-electron chi connectivity index (χ2n) is 5.65. The van der Waals surface area contributed by atoms with Gasteiger partial charge < -0.3 is 4.90 Å². The van der Waals surface area contributed by atoms with Gasteiger partial charge in [-0.2, -0.15) is 0 Å². The van der Waals surface area contributed by atoms with Crippen molar-refractivity contribution in [1.82, 2.24) is 9.80 Å². The monoisotopic (exact) mass is 348 g/mol. The number of rotatable bonds is 3. The number of halogens is 2. The van der Waals surface area contributed by atoms with Crippen LogP contribution in [0.15, 0.2) is 48.5 Å². The van der Waals surface area contributed by atoms with Crippen LogP contribution >= 0.6 is 23.2 Å². The molecule has 1 amide bonds. The topological polar surface area (TPSA) is 23.6 Å². The highest BCUT2D eigenvalue weighted by atomic mass is 35.5. The van der Waals surface area contributed by atoms with Gasteiger partial charge in [0.2, 0.25) is 0 Å². The maximum absolute atomic E-state index is 12.6. The van der Waals surface area contributed by atoms with Crippen molar-refractivity contribution in [2.75, 3.05) is 26.2 Å². The van der Waals surface area contributed by atoms with E-state index in [0.717, 1.165) is 19.6 Å². The predicted molar refractivity (Wildman–Crippen MR) is 94.1 cm³/mol. The highest BCUT2D eigenvalue weighted by Crippen LogP contribution is 2.26. The van der Waals surface area contributed by atoms with Crippen LogP contribution in [0.5, 0.6) is 0 Å². The molecule has 1 saturated heterocycles. The van der Waals surface area contributed by atoms with Crippen LogP contribution in [-0.2, 0) is 6.54 Å². The SMILES string of the molecule is O=C(c1c(Cl)cccc1Cl)N1CCN(Cc2ccccc2)CC1. The van der Waals surface area contributed by atoms with E-state index >= 15 is 0 Å². The van der Waals surface area contributed by atoms with Crippen LogP contribution in [0.2, 0.25) is 10.0 Å². The van der Waals surface area contributed by atoms with Gasteiger partial charge in [-0.25, -0.2) is 0 Å². The molecular weight excluding hydrogens is 331 g/mol. The van der Waals surface area contributed by atoms with Crippen molar-refractivity contribution in [3.63, 3.8) is 0 Å². The molecule has 0 atom stereocenters. The molecule has 0 bridgehead atoms. The summed E-state index contributed by atoms with van der Waals surface area (Å²) in [4.78, 5) is 16.8. The third-order valence-electron chi connectivity index (χ3n) is 4.09. The molecule has 120 valence electrons. The van der Waals surface area contributed by atoms with Crippen LogP contribution < -0.4 is 0 Å². The number of hydrogen-bond acceptors (Lipinski definition) is 2. The molecule has 1 aliphatic heterocycles. The van der Waals surface area contributed by atoms with Gasteiger partial charge in [-0.3, -0.25) is 9.69 Å². The molecule has 0 saturated carbocycles. The normalized spacial score (nSPS) is 15.7. The molecule has 23 heavy (non-hydrogen) atoms. The number of piperazine rings is 1. The Balaban J connectivity index is 1.62. The second kappa shape index (κ2) is 7.35. The van der Waals surface area contributed by atoms with Crippen LogP contribution in [0.25, 0.3) is 0 Å². The molecule has 0 aliphatic carbocycles. The van der Waals surface area contributed by atoms with E-state index in [9.17, 15) is 4.79 Å². The van der Waals surface area contributed by atoms with Crippen LogP contribution in [0.3, 0.4) is 0 Å². The van der Waals surface area contributed by atoms with Crippen molar-refractivity contribution < 1.29 is 4.79 Å². The van der Waals surface area contributed by atoms with Crippen LogP contribution in [0.1, 0.15) is 15.9 Å². The van der Waals surface area contributed by atoms with Gasteiger partial charge in [0.1, 0.15) is 0 Å². The summed E-state index contributed by atoms with van der Waals surface area (Å²) in [5, 5.41) is 0.823. The van der Waals surface area contributed by atoms with Crippen molar-refractivity contribution in [1.29, 1.82) is 0 Å². The third-order valence-corrected chi connectivity index (χ3v) is 4.72. The van der Waals surface area contributed by atoms with Crippen molar-refractivity contribution in [3.05, 3.63) is 69.7 Å². The van der Waals surface area contributed by atoms with Gasteiger partial charge in [0.25, 0.3) is 5.91 Å². The minimum atomic E-state index is -0.0834. The zero-order valence-corrected chi connectivity index (χ0v) is 14.2. The average Bonchev–Trinajstić information content (AvgIpc) is 2.56. The first-order valence-electron chi connectivity index (χ1n) is 7.65. The fraction of sp³-hybridized carbons (Fsp3) is 0.278. The van der Waals surface area contributed by atoms with Gasteiger partial charge >= 0.3 is 0 Å². The first kappa shape index (κ1) is 16.3. The second-order valence-corrected chi connectivity index (χ2v) is 6.47. The van der Waals surface area contributed by atoms with Crippen LogP contribution in [0, 0.1) is 0 Å². The summed E-state index contributed by atoms with van der Waals surface area (Å²) < 4.78 is 0. The Morgan fingerprint density at radius 3 is 2.09 bits per heavy atom. The Morgan fingerprint density at radius 2 is 1.48 bits per heavy atom. The summed E-state index contributed by atoms with van der Waals surface area (Å²) in [7, 11) is 0. The largest absolute Gasteiger partial charge is 0.336 e. The molecule has 0 unspecified atom stereocenters. The van der Waals surface area contributed by atoms with Gasteiger partial charge in [-0.15, -0.1) is 0 Å². The molecule has 1 aliphatic rings. The van der Waals surface area contributed by atoms with Crippen molar-refractivity contribution >= 4 is 29.1 Å². The van der Waals surface area contributed by atoms with E-state index in [1.807, 2.05) is 11.0 Å². The lowest BCUT2D eigenvalue weighted by Crippen LogP contribution is -2.48. The fourth-order valence-electron chi connectivity index (χ4n) is 2.81. The Bertz CT molecular complexity index is 662. The zero-order valence-electron chi connectivity index (χ0n) is 12.7. The Labute approximate surface area is 146 Å². The lowest BCUT2D eigenvalue weighted by atomic mass is 10.1. The lowest BCUT2D eigenvalue weighted by Gasteiger charge is -2.35. The number of benzene rings is 2. The number of hydrogen-bond donors (Lipinski definition) is 0. The van der Waals surface area contributed by atoms with E-state index < -0.39 is 0 Å². The standard InChI is InChI=1S/C18H18Cl2N2O/c19-15-7-4-8-16(20)17(15)18(23)22-11-9-21(10-12-22)13-14-5-2-1-3-6-14/h1-8H,9-13H2. The Kier molecular flexibility index (Phi) is 5.21. The van der Waals surface area contributed by atoms with Crippen LogP contribution in [0.4, 0.5) is 0 Å². The number of carbonyl (C=O) groups excluding carboxylic acids is 1. The fourth-order valence-corrected chi connectivity index (χ4v) is 3.37. The Hall–Kier alpha value is -1.55. The third kappa shape index (κ3) is 3.86. The van der Waals surface area contributed by atoms with E-state index in [1.165, 1.54) is 5.56 Å². The van der Waals surface area contributed by atoms with Crippen molar-refractivity contribution in [2.45, 2.75) is 6.54 Å². The summed E-state index contributed by atoms with van der Waals surface area (Å²) in [5.74, 6) is -0.0834. The number of carbonyl (C=O) groups is 1. The summed E-state index contributed by atoms with van der Waals surface area (Å²) in [6.07, 6.45) is 0. The van der Waals surface area contributed by atoms with E-state index in [1.54, 1.807) is 18.2 Å². The van der Waals surface area contributed by atoms with Gasteiger partial charge in [0.15, 0.2) is 0 Å². The Morgan fingerprint density at radius 1 is 0.870 bits per heavy atom. The highest BCUT2D eigenvalue weighted by Gasteiger charge is 2.25. The molecule has 1 fully saturated rings. The smallest absolute Gasteiger partial charge is 0.256 e. The maximum atomic E-state index is 12.6. The molecule has 5 heteroatoms. The maximum Gasteiger partial charge on any atom is 0.256 e. The summed E-state index contributed by atoms with van der Waals surface area (Å²) >= 11 is 12.3. The molecule has 1 heterocycles. The molecule has 2 aromatic rings. The molecule has 0 aromatic heterocycles. The first-order valence-corrected chi connectivity index (χ1v) is 8.40. The van der Waals surface area contributed by atoms with Gasteiger partial charge in [-0.05, 0) is 17.7 Å². The van der Waals surface area contributed by atoms with Crippen molar-refractivity contribution in [3.8, 4) is 0 Å². The average molecular weight is 349 g/mol. The van der Waals surface area contributed by atoms with Gasteiger partial charge in [0, 0.05) is 32.7 Å². The summed E-state index contributed by atoms with van der Waals surface area (Å²) in [5.41, 5.74) is 1.70. The highest BCUT2D eigenvalue weighted by molar-refractivity contribution is 6.39. The molecule has 3 nitrogen and oxygen atoms in total. The lowest BCUT2D eigenvalue weighted by molar-refractivity contribution is 0.0629. The quantitative estimate of drug-likeness (QED) is 0.838. The molecule has 0 radical (unpaired) electrons. The van der Waals surface area contributed by atoms with E-state index in [0.29, 0.717) is 28.7 Å². The summed E-state index contributed by atoms with van der Waals surface area (Å²) in [6.45, 7) is 3.99.